The fraction of sp³-hybridized carbons (Fsp3) is 0.207. The number of benzene rings is 3. The molecule has 0 aliphatic heterocycles. The highest BCUT2D eigenvalue weighted by Crippen LogP contribution is 2.33. The minimum Gasteiger partial charge on any atom is -0.462 e. The van der Waals surface area contributed by atoms with Gasteiger partial charge in [0, 0.05) is 16.6 Å². The molecule has 0 unspecified atom stereocenters. The first-order valence-corrected chi connectivity index (χ1v) is 12.8. The van der Waals surface area contributed by atoms with Gasteiger partial charge >= 0.3 is 5.97 Å². The summed E-state index contributed by atoms with van der Waals surface area (Å²) in [6, 6.07) is 23.4. The molecule has 1 aliphatic carbocycles. The largest absolute Gasteiger partial charge is 0.462 e. The number of aryl methyl sites for hydroxylation is 1. The second-order valence-electron chi connectivity index (χ2n) is 8.80. The zero-order chi connectivity index (χ0) is 23.8. The van der Waals surface area contributed by atoms with Crippen molar-refractivity contribution >= 4 is 44.3 Å². The number of esters is 1. The van der Waals surface area contributed by atoms with Gasteiger partial charge in [0.15, 0.2) is 0 Å². The Balaban J connectivity index is 1.20. The van der Waals surface area contributed by atoms with Crippen molar-refractivity contribution in [3.8, 4) is 10.6 Å². The van der Waals surface area contributed by atoms with Gasteiger partial charge in [-0.3, -0.25) is 9.36 Å². The van der Waals surface area contributed by atoms with Crippen LogP contribution in [-0.4, -0.2) is 28.0 Å². The van der Waals surface area contributed by atoms with Crippen LogP contribution in [0.2, 0.25) is 0 Å². The number of carbonyl (C=O) groups excluding carboxylic acids is 2. The Morgan fingerprint density at radius 3 is 2.60 bits per heavy atom. The van der Waals surface area contributed by atoms with Crippen molar-refractivity contribution in [2.45, 2.75) is 32.1 Å². The number of rotatable bonds is 5. The third kappa shape index (κ3) is 3.94. The van der Waals surface area contributed by atoms with Gasteiger partial charge in [-0.05, 0) is 55.5 Å². The lowest BCUT2D eigenvalue weighted by Gasteiger charge is -2.15. The quantitative estimate of drug-likeness (QED) is 0.263. The first kappa shape index (κ1) is 21.7. The minimum absolute atomic E-state index is 0.0309. The lowest BCUT2D eigenvalue weighted by molar-refractivity contribution is 0.0490. The molecule has 174 valence electrons. The summed E-state index contributed by atoms with van der Waals surface area (Å²) in [6.45, 7) is 0.0348. The van der Waals surface area contributed by atoms with Gasteiger partial charge in [-0.1, -0.05) is 48.5 Å². The van der Waals surface area contributed by atoms with Crippen molar-refractivity contribution in [3.05, 3.63) is 89.6 Å². The Kier molecular flexibility index (Phi) is 5.66. The van der Waals surface area contributed by atoms with Crippen LogP contribution in [0.1, 0.15) is 45.7 Å². The molecule has 0 N–H and O–H groups in total. The summed E-state index contributed by atoms with van der Waals surface area (Å²) in [5, 5.41) is 1.94. The van der Waals surface area contributed by atoms with E-state index in [-0.39, 0.29) is 18.9 Å². The summed E-state index contributed by atoms with van der Waals surface area (Å²) in [5.41, 5.74) is 5.48. The Bertz CT molecular complexity index is 1550. The first-order chi connectivity index (χ1) is 17.2. The van der Waals surface area contributed by atoms with Crippen LogP contribution in [0, 0.1) is 0 Å². The first-order valence-electron chi connectivity index (χ1n) is 12.0. The fourth-order valence-corrected chi connectivity index (χ4v) is 6.04. The molecule has 6 heteroatoms. The molecule has 2 heterocycles. The molecular formula is C29H24N2O3S. The smallest absolute Gasteiger partial charge is 0.338 e. The molecule has 0 bridgehead atoms. The van der Waals surface area contributed by atoms with Crippen molar-refractivity contribution in [3.63, 3.8) is 0 Å². The van der Waals surface area contributed by atoms with Gasteiger partial charge in [0.1, 0.15) is 11.6 Å². The Morgan fingerprint density at radius 2 is 1.69 bits per heavy atom. The maximum Gasteiger partial charge on any atom is 0.338 e. The number of fused-ring (bicyclic) bond motifs is 4. The standard InChI is InChI=1S/C29H24N2O3S/c32-27(31-24-14-6-3-9-19(24)20-10-4-7-15-25(20)31)17-18-34-29(33)22-12-2-1-11-21(22)28-30-23-13-5-8-16-26(23)35-28/h1-3,5-6,8-9,11-14,16H,4,7,10,15,17-18H2. The molecule has 2 aromatic heterocycles. The second kappa shape index (κ2) is 9.12. The van der Waals surface area contributed by atoms with Gasteiger partial charge in [-0.2, -0.15) is 0 Å². The van der Waals surface area contributed by atoms with Gasteiger partial charge in [-0.25, -0.2) is 9.78 Å². The second-order valence-corrected chi connectivity index (χ2v) is 9.83. The minimum atomic E-state index is -0.438. The van der Waals surface area contributed by atoms with Crippen LogP contribution in [-0.2, 0) is 17.6 Å². The number of para-hydroxylation sites is 2. The molecule has 0 saturated heterocycles. The van der Waals surface area contributed by atoms with E-state index >= 15 is 0 Å². The molecule has 1 aliphatic rings. The molecule has 0 fully saturated rings. The summed E-state index contributed by atoms with van der Waals surface area (Å²) in [7, 11) is 0. The van der Waals surface area contributed by atoms with E-state index in [1.165, 1.54) is 5.56 Å². The van der Waals surface area contributed by atoms with Crippen LogP contribution < -0.4 is 0 Å². The topological polar surface area (TPSA) is 61.2 Å². The number of aromatic nitrogens is 2. The Morgan fingerprint density at radius 1 is 0.914 bits per heavy atom. The van der Waals surface area contributed by atoms with Crippen molar-refractivity contribution in [1.82, 2.24) is 9.55 Å². The van der Waals surface area contributed by atoms with E-state index in [0.29, 0.717) is 5.56 Å². The predicted octanol–water partition coefficient (Wildman–Crippen LogP) is 6.68. The highest BCUT2D eigenvalue weighted by atomic mass is 32.1. The maximum atomic E-state index is 13.3. The number of hydrogen-bond acceptors (Lipinski definition) is 5. The van der Waals surface area contributed by atoms with E-state index in [1.54, 1.807) is 17.4 Å². The third-order valence-electron chi connectivity index (χ3n) is 6.65. The van der Waals surface area contributed by atoms with Crippen molar-refractivity contribution in [1.29, 1.82) is 0 Å². The van der Waals surface area contributed by atoms with Crippen molar-refractivity contribution in [2.75, 3.05) is 6.61 Å². The average Bonchev–Trinajstić information content (AvgIpc) is 3.48. The van der Waals surface area contributed by atoms with Gasteiger partial charge in [0.25, 0.3) is 0 Å². The lowest BCUT2D eigenvalue weighted by Crippen LogP contribution is -2.19. The van der Waals surface area contributed by atoms with Crippen molar-refractivity contribution in [2.24, 2.45) is 0 Å². The number of nitrogens with zero attached hydrogens (tertiary/aromatic N) is 2. The molecule has 0 radical (unpaired) electrons. The number of hydrogen-bond donors (Lipinski definition) is 0. The fourth-order valence-electron chi connectivity index (χ4n) is 5.04. The summed E-state index contributed by atoms with van der Waals surface area (Å²) in [5.74, 6) is -0.469. The van der Waals surface area contributed by atoms with Crippen LogP contribution in [0.25, 0.3) is 31.7 Å². The normalized spacial score (nSPS) is 13.1. The molecule has 5 nitrogen and oxygen atoms in total. The molecule has 6 rings (SSSR count). The predicted molar refractivity (Wildman–Crippen MR) is 139 cm³/mol. The monoisotopic (exact) mass is 480 g/mol. The summed E-state index contributed by atoms with van der Waals surface area (Å²) < 4.78 is 8.51. The van der Waals surface area contributed by atoms with E-state index in [2.05, 4.69) is 6.07 Å². The van der Waals surface area contributed by atoms with Crippen LogP contribution in [0.4, 0.5) is 0 Å². The molecule has 0 atom stereocenters. The zero-order valence-corrected chi connectivity index (χ0v) is 20.0. The van der Waals surface area contributed by atoms with Crippen LogP contribution >= 0.6 is 11.3 Å². The number of ether oxygens (including phenoxy) is 1. The lowest BCUT2D eigenvalue weighted by atomic mass is 9.95. The molecule has 3 aromatic carbocycles. The molecule has 0 amide bonds. The van der Waals surface area contributed by atoms with E-state index in [0.717, 1.165) is 63.1 Å². The molecular weight excluding hydrogens is 456 g/mol. The Labute approximate surface area is 207 Å². The van der Waals surface area contributed by atoms with Gasteiger partial charge in [0.05, 0.1) is 27.7 Å². The maximum absolute atomic E-state index is 13.3. The van der Waals surface area contributed by atoms with Crippen LogP contribution in [0.5, 0.6) is 0 Å². The van der Waals surface area contributed by atoms with E-state index < -0.39 is 5.97 Å². The Hall–Kier alpha value is -3.77. The van der Waals surface area contributed by atoms with Crippen LogP contribution in [0.15, 0.2) is 72.8 Å². The van der Waals surface area contributed by atoms with Gasteiger partial charge in [-0.15, -0.1) is 11.3 Å². The van der Waals surface area contributed by atoms with Crippen LogP contribution in [0.3, 0.4) is 0 Å². The number of carbonyl (C=O) groups is 2. The summed E-state index contributed by atoms with van der Waals surface area (Å²) >= 11 is 1.55. The molecule has 0 spiro atoms. The van der Waals surface area contributed by atoms with Crippen molar-refractivity contribution < 1.29 is 14.3 Å². The highest BCUT2D eigenvalue weighted by Gasteiger charge is 2.23. The SMILES string of the molecule is O=C(OCCC(=O)n1c2c(c3ccccc31)CCCC2)c1ccccc1-c1nc2ccccc2s1. The molecule has 5 aromatic rings. The van der Waals surface area contributed by atoms with Gasteiger partial charge < -0.3 is 4.74 Å². The highest BCUT2D eigenvalue weighted by molar-refractivity contribution is 7.21. The average molecular weight is 481 g/mol. The molecule has 0 saturated carbocycles. The van der Waals surface area contributed by atoms with E-state index in [4.69, 9.17) is 9.72 Å². The van der Waals surface area contributed by atoms with E-state index in [9.17, 15) is 9.59 Å². The third-order valence-corrected chi connectivity index (χ3v) is 7.72. The number of thiazole rings is 1. The van der Waals surface area contributed by atoms with Gasteiger partial charge in [0.2, 0.25) is 5.91 Å². The zero-order valence-electron chi connectivity index (χ0n) is 19.2. The summed E-state index contributed by atoms with van der Waals surface area (Å²) in [6.07, 6.45) is 4.30. The van der Waals surface area contributed by atoms with E-state index in [1.807, 2.05) is 65.2 Å². The summed E-state index contributed by atoms with van der Waals surface area (Å²) in [4.78, 5) is 31.0. The molecule has 35 heavy (non-hydrogen) atoms.